The van der Waals surface area contributed by atoms with Crippen molar-refractivity contribution >= 4 is 66.0 Å². The number of aryl methyl sites for hydroxylation is 1. The third kappa shape index (κ3) is 3.31. The summed E-state index contributed by atoms with van der Waals surface area (Å²) in [5.41, 5.74) is 2.84. The van der Waals surface area contributed by atoms with Gasteiger partial charge in [0.2, 0.25) is 0 Å². The van der Waals surface area contributed by atoms with Crippen LogP contribution in [0.2, 0.25) is 0 Å². The molecule has 0 N–H and O–H groups in total. The highest BCUT2D eigenvalue weighted by Gasteiger charge is 2.26. The van der Waals surface area contributed by atoms with Gasteiger partial charge in [0.25, 0.3) is 0 Å². The summed E-state index contributed by atoms with van der Waals surface area (Å²) in [5.74, 6) is 0. The quantitative estimate of drug-likeness (QED) is 0.233. The molecule has 0 spiro atoms. The van der Waals surface area contributed by atoms with Crippen LogP contribution in [0.4, 0.5) is 0 Å². The van der Waals surface area contributed by atoms with Gasteiger partial charge in [0.05, 0.1) is 0 Å². The van der Waals surface area contributed by atoms with E-state index in [1.807, 2.05) is 22.7 Å². The number of benzene rings is 4. The van der Waals surface area contributed by atoms with Crippen molar-refractivity contribution in [1.29, 1.82) is 0 Å². The van der Waals surface area contributed by atoms with Crippen molar-refractivity contribution in [2.24, 2.45) is 0 Å². The number of hydrogen-bond donors (Lipinski definition) is 0. The van der Waals surface area contributed by atoms with Crippen LogP contribution in [-0.2, 0) is 0 Å². The van der Waals surface area contributed by atoms with E-state index in [0.717, 1.165) is 0 Å². The van der Waals surface area contributed by atoms with Gasteiger partial charge in [-0.25, -0.2) is 0 Å². The Morgan fingerprint density at radius 3 is 1.56 bits per heavy atom. The molecule has 2 heterocycles. The van der Waals surface area contributed by atoms with Crippen molar-refractivity contribution < 1.29 is 0 Å². The summed E-state index contributed by atoms with van der Waals surface area (Å²) >= 11 is 3.88. The van der Waals surface area contributed by atoms with E-state index >= 15 is 0 Å². The van der Waals surface area contributed by atoms with E-state index in [-0.39, 0.29) is 0 Å². The Morgan fingerprint density at radius 2 is 0.969 bits per heavy atom. The van der Waals surface area contributed by atoms with E-state index < -0.39 is 7.92 Å². The SMILES string of the molecule is Cc1sc2ccccc2c1-c1c(P(c2ccccc2)c2ccccc2)sc2ccccc12. The molecule has 0 unspecified atom stereocenters. The first-order chi connectivity index (χ1) is 15.8. The Labute approximate surface area is 197 Å². The topological polar surface area (TPSA) is 0 Å². The van der Waals surface area contributed by atoms with Crippen LogP contribution in [0.3, 0.4) is 0 Å². The summed E-state index contributed by atoms with van der Waals surface area (Å²) in [6.45, 7) is 2.28. The molecule has 0 aliphatic heterocycles. The number of rotatable bonds is 4. The molecule has 154 valence electrons. The van der Waals surface area contributed by atoms with Crippen LogP contribution >= 0.6 is 30.6 Å². The highest BCUT2D eigenvalue weighted by atomic mass is 32.1. The predicted octanol–water partition coefficient (Wildman–Crippen LogP) is 7.85. The van der Waals surface area contributed by atoms with Gasteiger partial charge in [-0.1, -0.05) is 97.1 Å². The zero-order valence-corrected chi connectivity index (χ0v) is 20.2. The summed E-state index contributed by atoms with van der Waals surface area (Å²) < 4.78 is 4.22. The summed E-state index contributed by atoms with van der Waals surface area (Å²) in [6.07, 6.45) is 0. The predicted molar refractivity (Wildman–Crippen MR) is 146 cm³/mol. The van der Waals surface area contributed by atoms with Gasteiger partial charge in [0.15, 0.2) is 0 Å². The van der Waals surface area contributed by atoms with Crippen LogP contribution in [0.5, 0.6) is 0 Å². The van der Waals surface area contributed by atoms with Gasteiger partial charge in [-0.05, 0) is 37.6 Å². The highest BCUT2D eigenvalue weighted by molar-refractivity contribution is 7.84. The van der Waals surface area contributed by atoms with Crippen LogP contribution in [0, 0.1) is 6.92 Å². The second kappa shape index (κ2) is 8.30. The molecular formula is C29H21PS2. The van der Waals surface area contributed by atoms with Gasteiger partial charge < -0.3 is 0 Å². The summed E-state index contributed by atoms with van der Waals surface area (Å²) in [5, 5.41) is 5.55. The Balaban J connectivity index is 1.72. The molecule has 6 rings (SSSR count). The van der Waals surface area contributed by atoms with E-state index in [2.05, 4.69) is 116 Å². The first-order valence-corrected chi connectivity index (χ1v) is 13.7. The molecule has 0 radical (unpaired) electrons. The highest BCUT2D eigenvalue weighted by Crippen LogP contribution is 2.48. The smallest absolute Gasteiger partial charge is 0.0459 e. The molecule has 0 saturated carbocycles. The average molecular weight is 465 g/mol. The number of fused-ring (bicyclic) bond motifs is 2. The molecule has 4 aromatic carbocycles. The molecule has 0 saturated heterocycles. The van der Waals surface area contributed by atoms with Crippen molar-refractivity contribution in [3.63, 3.8) is 0 Å². The van der Waals surface area contributed by atoms with E-state index in [1.165, 1.54) is 51.4 Å². The molecule has 0 fully saturated rings. The molecule has 2 aromatic heterocycles. The molecule has 0 amide bonds. The molecule has 0 aliphatic rings. The number of thiophene rings is 2. The van der Waals surface area contributed by atoms with Gasteiger partial charge in [-0.2, -0.15) is 0 Å². The molecule has 0 nitrogen and oxygen atoms in total. The maximum absolute atomic E-state index is 2.31. The molecule has 3 heteroatoms. The molecule has 0 aliphatic carbocycles. The Hall–Kier alpha value is -2.77. The molecule has 0 atom stereocenters. The zero-order chi connectivity index (χ0) is 21.5. The Morgan fingerprint density at radius 1 is 0.500 bits per heavy atom. The maximum atomic E-state index is 2.31. The minimum absolute atomic E-state index is 0.663. The van der Waals surface area contributed by atoms with Gasteiger partial charge in [-0.3, -0.25) is 0 Å². The van der Waals surface area contributed by atoms with Gasteiger partial charge in [0, 0.05) is 40.8 Å². The monoisotopic (exact) mass is 464 g/mol. The molecule has 6 aromatic rings. The van der Waals surface area contributed by atoms with Gasteiger partial charge in [0.1, 0.15) is 0 Å². The normalized spacial score (nSPS) is 11.6. The zero-order valence-electron chi connectivity index (χ0n) is 17.7. The van der Waals surface area contributed by atoms with Crippen molar-refractivity contribution in [2.75, 3.05) is 0 Å². The van der Waals surface area contributed by atoms with Crippen LogP contribution < -0.4 is 15.2 Å². The summed E-state index contributed by atoms with van der Waals surface area (Å²) in [7, 11) is -0.663. The van der Waals surface area contributed by atoms with Crippen LogP contribution in [-0.4, -0.2) is 0 Å². The summed E-state index contributed by atoms with van der Waals surface area (Å²) in [4.78, 5) is 1.40. The first-order valence-electron chi connectivity index (χ1n) is 10.7. The average Bonchev–Trinajstić information content (AvgIpc) is 3.37. The van der Waals surface area contributed by atoms with Gasteiger partial charge in [-0.15, -0.1) is 22.7 Å². The maximum Gasteiger partial charge on any atom is 0.0459 e. The van der Waals surface area contributed by atoms with Crippen LogP contribution in [0.25, 0.3) is 31.3 Å². The van der Waals surface area contributed by atoms with E-state index in [1.54, 1.807) is 0 Å². The lowest BCUT2D eigenvalue weighted by Gasteiger charge is -2.20. The lowest BCUT2D eigenvalue weighted by atomic mass is 10.0. The van der Waals surface area contributed by atoms with Crippen molar-refractivity contribution in [1.82, 2.24) is 0 Å². The fraction of sp³-hybridized carbons (Fsp3) is 0.0345. The second-order valence-corrected chi connectivity index (χ2v) is 12.6. The second-order valence-electron chi connectivity index (χ2n) is 7.81. The number of hydrogen-bond acceptors (Lipinski definition) is 2. The van der Waals surface area contributed by atoms with E-state index in [9.17, 15) is 0 Å². The summed E-state index contributed by atoms with van der Waals surface area (Å²) in [6, 6.07) is 39.9. The minimum Gasteiger partial charge on any atom is -0.140 e. The Kier molecular flexibility index (Phi) is 5.15. The lowest BCUT2D eigenvalue weighted by Crippen LogP contribution is -2.19. The minimum atomic E-state index is -0.663. The molecule has 32 heavy (non-hydrogen) atoms. The van der Waals surface area contributed by atoms with Crippen molar-refractivity contribution in [2.45, 2.75) is 6.92 Å². The van der Waals surface area contributed by atoms with Gasteiger partial charge >= 0.3 is 0 Å². The molecule has 0 bridgehead atoms. The first kappa shape index (κ1) is 19.9. The lowest BCUT2D eigenvalue weighted by molar-refractivity contribution is 1.64. The van der Waals surface area contributed by atoms with Crippen molar-refractivity contribution in [3.8, 4) is 11.1 Å². The van der Waals surface area contributed by atoms with Crippen LogP contribution in [0.15, 0.2) is 109 Å². The third-order valence-electron chi connectivity index (χ3n) is 5.83. The largest absolute Gasteiger partial charge is 0.140 e. The van der Waals surface area contributed by atoms with E-state index in [4.69, 9.17) is 0 Å². The standard InChI is InChI=1S/C29H21PS2/c1-20-27(23-16-8-10-18-25(23)31-20)28-24-17-9-11-19-26(24)32-29(28)30(21-12-4-2-5-13-21)22-14-6-3-7-15-22/h2-19H,1H3. The van der Waals surface area contributed by atoms with Crippen LogP contribution in [0.1, 0.15) is 4.88 Å². The fourth-order valence-electron chi connectivity index (χ4n) is 4.45. The molecular weight excluding hydrogens is 443 g/mol. The Bertz CT molecular complexity index is 1490. The van der Waals surface area contributed by atoms with Crippen molar-refractivity contribution in [3.05, 3.63) is 114 Å². The fourth-order valence-corrected chi connectivity index (χ4v) is 9.92. The van der Waals surface area contributed by atoms with E-state index in [0.29, 0.717) is 0 Å². The third-order valence-corrected chi connectivity index (χ3v) is 11.0.